The Labute approximate surface area is 150 Å². The van der Waals surface area contributed by atoms with Crippen LogP contribution in [-0.4, -0.2) is 50.4 Å². The van der Waals surface area contributed by atoms with Gasteiger partial charge >= 0.3 is 8.41 Å². The lowest BCUT2D eigenvalue weighted by Gasteiger charge is -2.44. The predicted molar refractivity (Wildman–Crippen MR) is 100 cm³/mol. The molecule has 0 fully saturated rings. The van der Waals surface area contributed by atoms with Gasteiger partial charge in [-0.1, -0.05) is 41.5 Å². The molecule has 1 aromatic rings. The number of hydrogen-bond donors (Lipinski definition) is 2. The van der Waals surface area contributed by atoms with Crippen LogP contribution in [0.15, 0.2) is 6.07 Å². The summed E-state index contributed by atoms with van der Waals surface area (Å²) in [5.41, 5.74) is 0. The summed E-state index contributed by atoms with van der Waals surface area (Å²) in [5, 5.41) is 9.96. The fraction of sp³-hybridized carbons (Fsp3) is 0.765. The fourth-order valence-corrected chi connectivity index (χ4v) is 8.23. The summed E-state index contributed by atoms with van der Waals surface area (Å²) in [6.45, 7) is 13.7. The predicted octanol–water partition coefficient (Wildman–Crippen LogP) is 2.16. The van der Waals surface area contributed by atoms with Crippen LogP contribution in [0.3, 0.4) is 0 Å². The molecule has 0 aromatic carbocycles. The zero-order chi connectivity index (χ0) is 18.9. The molecule has 0 unspecified atom stereocenters. The zero-order valence-corrected chi connectivity index (χ0v) is 17.2. The van der Waals surface area contributed by atoms with Gasteiger partial charge in [0.1, 0.15) is 5.82 Å². The average Bonchev–Trinajstić information content (AvgIpc) is 2.88. The standard InChI is InChI=1S/C17H31FN4O2Si/c1-16(2,3)25(18,17(4,5)6)15-11-13-20-12-14(23)19-7-9-24-10-8-22(15)21-13/h11H,7-10,12H2,1-6H3,(H,19,23)(H,20,21). The highest BCUT2D eigenvalue weighted by Gasteiger charge is 2.58. The van der Waals surface area contributed by atoms with Gasteiger partial charge in [0.15, 0.2) is 0 Å². The summed E-state index contributed by atoms with van der Waals surface area (Å²) >= 11 is 0. The zero-order valence-electron chi connectivity index (χ0n) is 16.2. The number of hydrogen-bond acceptors (Lipinski definition) is 4. The van der Waals surface area contributed by atoms with E-state index in [1.54, 1.807) is 10.7 Å². The molecular weight excluding hydrogens is 339 g/mol. The number of halogens is 1. The first kappa shape index (κ1) is 19.9. The molecule has 6 nitrogen and oxygen atoms in total. The van der Waals surface area contributed by atoms with E-state index in [1.165, 1.54) is 0 Å². The van der Waals surface area contributed by atoms with E-state index >= 15 is 4.11 Å². The van der Waals surface area contributed by atoms with E-state index in [9.17, 15) is 4.79 Å². The highest BCUT2D eigenvalue weighted by molar-refractivity contribution is 6.90. The third kappa shape index (κ3) is 4.06. The Morgan fingerprint density at radius 3 is 2.40 bits per heavy atom. The molecule has 25 heavy (non-hydrogen) atoms. The van der Waals surface area contributed by atoms with E-state index in [-0.39, 0.29) is 12.5 Å². The topological polar surface area (TPSA) is 68.2 Å². The SMILES string of the molecule is CC(C)(C)[Si](F)(c1cc2nn1CCOCCNC(=O)CN2)C(C)(C)C. The molecule has 2 bridgehead atoms. The Balaban J connectivity index is 2.49. The summed E-state index contributed by atoms with van der Waals surface area (Å²) in [4.78, 5) is 11.8. The van der Waals surface area contributed by atoms with E-state index in [1.807, 2.05) is 41.5 Å². The van der Waals surface area contributed by atoms with E-state index in [0.717, 1.165) is 0 Å². The number of anilines is 1. The van der Waals surface area contributed by atoms with Crippen LogP contribution >= 0.6 is 0 Å². The van der Waals surface area contributed by atoms with Crippen LogP contribution < -0.4 is 16.0 Å². The normalized spacial score (nSPS) is 18.0. The van der Waals surface area contributed by atoms with Gasteiger partial charge in [0.2, 0.25) is 5.91 Å². The summed E-state index contributed by atoms with van der Waals surface area (Å²) in [5.74, 6) is 0.407. The highest BCUT2D eigenvalue weighted by Crippen LogP contribution is 2.51. The second-order valence-electron chi connectivity index (χ2n) is 8.61. The molecule has 1 aliphatic heterocycles. The van der Waals surface area contributed by atoms with Crippen molar-refractivity contribution in [3.63, 3.8) is 0 Å². The lowest BCUT2D eigenvalue weighted by molar-refractivity contribution is -0.119. The molecule has 2 heterocycles. The van der Waals surface area contributed by atoms with E-state index < -0.39 is 18.5 Å². The van der Waals surface area contributed by atoms with Crippen LogP contribution in [-0.2, 0) is 16.1 Å². The third-order valence-electron chi connectivity index (χ3n) is 4.65. The third-order valence-corrected chi connectivity index (χ3v) is 9.89. The van der Waals surface area contributed by atoms with Gasteiger partial charge in [0, 0.05) is 12.6 Å². The number of carbonyl (C=O) groups excluding carboxylic acids is 1. The van der Waals surface area contributed by atoms with Crippen molar-refractivity contribution in [3.8, 4) is 0 Å². The Bertz CT molecular complexity index is 605. The van der Waals surface area contributed by atoms with Crippen molar-refractivity contribution < 1.29 is 13.6 Å². The minimum Gasteiger partial charge on any atom is -0.378 e. The Morgan fingerprint density at radius 2 is 1.80 bits per heavy atom. The lowest BCUT2D eigenvalue weighted by atomic mass is 10.2. The van der Waals surface area contributed by atoms with E-state index in [4.69, 9.17) is 4.74 Å². The van der Waals surface area contributed by atoms with Crippen molar-refractivity contribution in [3.05, 3.63) is 6.07 Å². The summed E-state index contributed by atoms with van der Waals surface area (Å²) in [6.07, 6.45) is 0. The van der Waals surface area contributed by atoms with Gasteiger partial charge in [-0.2, -0.15) is 5.10 Å². The molecule has 0 spiro atoms. The Hall–Kier alpha value is -1.41. The molecule has 0 saturated heterocycles. The number of rotatable bonds is 1. The fourth-order valence-electron chi connectivity index (χ4n) is 3.59. The van der Waals surface area contributed by atoms with E-state index in [2.05, 4.69) is 15.7 Å². The average molecular weight is 371 g/mol. The van der Waals surface area contributed by atoms with Gasteiger partial charge in [-0.25, -0.2) is 0 Å². The number of amides is 1. The monoisotopic (exact) mass is 370 g/mol. The van der Waals surface area contributed by atoms with Gasteiger partial charge in [-0.05, 0) is 10.1 Å². The maximum Gasteiger partial charge on any atom is 0.305 e. The first-order chi connectivity index (χ1) is 11.5. The minimum absolute atomic E-state index is 0.113. The Kier molecular flexibility index (Phi) is 5.63. The first-order valence-electron chi connectivity index (χ1n) is 8.82. The number of ether oxygens (including phenoxy) is 1. The van der Waals surface area contributed by atoms with Crippen LogP contribution in [0.2, 0.25) is 10.1 Å². The summed E-state index contributed by atoms with van der Waals surface area (Å²) in [7, 11) is -3.45. The molecule has 2 rings (SSSR count). The van der Waals surface area contributed by atoms with Crippen LogP contribution in [0.5, 0.6) is 0 Å². The van der Waals surface area contributed by atoms with Crippen molar-refractivity contribution in [2.45, 2.75) is 58.2 Å². The van der Waals surface area contributed by atoms with Crippen LogP contribution in [0.4, 0.5) is 9.93 Å². The largest absolute Gasteiger partial charge is 0.378 e. The lowest BCUT2D eigenvalue weighted by Crippen LogP contribution is -2.60. The summed E-state index contributed by atoms with van der Waals surface area (Å²) < 4.78 is 24.0. The molecule has 1 amide bonds. The molecule has 8 heteroatoms. The molecule has 0 saturated carbocycles. The second kappa shape index (κ2) is 7.07. The number of nitrogens with one attached hydrogen (secondary N) is 2. The van der Waals surface area contributed by atoms with Crippen LogP contribution in [0.25, 0.3) is 0 Å². The number of aromatic nitrogens is 2. The molecule has 0 aliphatic carbocycles. The molecule has 0 atom stereocenters. The molecule has 2 N–H and O–H groups in total. The van der Waals surface area contributed by atoms with Gasteiger partial charge in [0.25, 0.3) is 0 Å². The molecule has 1 aliphatic rings. The van der Waals surface area contributed by atoms with E-state index in [0.29, 0.717) is 37.4 Å². The Morgan fingerprint density at radius 1 is 1.16 bits per heavy atom. The second-order valence-corrected chi connectivity index (χ2v) is 13.4. The highest BCUT2D eigenvalue weighted by atomic mass is 28.4. The maximum absolute atomic E-state index is 16.7. The van der Waals surface area contributed by atoms with Gasteiger partial charge in [-0.15, -0.1) is 0 Å². The molecular formula is C17H31FN4O2Si. The summed E-state index contributed by atoms with van der Waals surface area (Å²) in [6, 6.07) is 1.79. The number of nitrogens with zero attached hydrogens (tertiary/aromatic N) is 2. The molecule has 0 radical (unpaired) electrons. The van der Waals surface area contributed by atoms with Crippen molar-refractivity contribution in [1.82, 2.24) is 15.1 Å². The first-order valence-corrected chi connectivity index (χ1v) is 10.7. The van der Waals surface area contributed by atoms with Crippen LogP contribution in [0.1, 0.15) is 41.5 Å². The van der Waals surface area contributed by atoms with Crippen molar-refractivity contribution >= 4 is 25.4 Å². The smallest absolute Gasteiger partial charge is 0.305 e. The minimum atomic E-state index is -3.45. The van der Waals surface area contributed by atoms with Crippen molar-refractivity contribution in [2.24, 2.45) is 0 Å². The van der Waals surface area contributed by atoms with Gasteiger partial charge in [-0.3, -0.25) is 9.48 Å². The van der Waals surface area contributed by atoms with Crippen molar-refractivity contribution in [2.75, 3.05) is 31.6 Å². The van der Waals surface area contributed by atoms with Gasteiger partial charge in [0.05, 0.1) is 31.6 Å². The molecule has 142 valence electrons. The maximum atomic E-state index is 16.7. The van der Waals surface area contributed by atoms with Gasteiger partial charge < -0.3 is 19.5 Å². The molecule has 1 aromatic heterocycles. The number of fused-ring (bicyclic) bond motifs is 2. The number of carbonyl (C=O) groups is 1. The van der Waals surface area contributed by atoms with Crippen LogP contribution in [0, 0.1) is 0 Å². The quantitative estimate of drug-likeness (QED) is 0.587. The van der Waals surface area contributed by atoms with Crippen molar-refractivity contribution in [1.29, 1.82) is 0 Å².